The average Bonchev–Trinajstić information content (AvgIpc) is 3.34. The van der Waals surface area contributed by atoms with Crippen LogP contribution in [0.5, 0.6) is 0 Å². The Bertz CT molecular complexity index is 1530. The van der Waals surface area contributed by atoms with Crippen LogP contribution >= 0.6 is 11.6 Å². The van der Waals surface area contributed by atoms with Crippen molar-refractivity contribution in [1.82, 2.24) is 19.4 Å². The minimum Gasteiger partial charge on any atom is -0.352 e. The Morgan fingerprint density at radius 3 is 2.25 bits per heavy atom. The summed E-state index contributed by atoms with van der Waals surface area (Å²) in [7, 11) is 0. The highest BCUT2D eigenvalue weighted by molar-refractivity contribution is 6.30. The molecule has 0 atom stereocenters. The van der Waals surface area contributed by atoms with Crippen LogP contribution in [-0.2, 0) is 0 Å². The summed E-state index contributed by atoms with van der Waals surface area (Å²) < 4.78 is 2.07. The predicted octanol–water partition coefficient (Wildman–Crippen LogP) is 5.70. The van der Waals surface area contributed by atoms with E-state index in [2.05, 4.69) is 32.8 Å². The zero-order valence-corrected chi connectivity index (χ0v) is 20.3. The van der Waals surface area contributed by atoms with Gasteiger partial charge in [0.15, 0.2) is 5.65 Å². The van der Waals surface area contributed by atoms with Crippen LogP contribution in [0, 0.1) is 0 Å². The smallest absolute Gasteiger partial charge is 0.253 e. The van der Waals surface area contributed by atoms with Crippen molar-refractivity contribution in [1.29, 1.82) is 0 Å². The summed E-state index contributed by atoms with van der Waals surface area (Å²) in [6.07, 6.45) is 3.73. The van der Waals surface area contributed by atoms with Gasteiger partial charge in [-0.05, 0) is 35.9 Å². The maximum absolute atomic E-state index is 12.9. The largest absolute Gasteiger partial charge is 0.352 e. The molecule has 0 bridgehead atoms. The normalized spacial score (nSPS) is 13.8. The Morgan fingerprint density at radius 2 is 1.53 bits per heavy atom. The summed E-state index contributed by atoms with van der Waals surface area (Å²) in [5, 5.41) is 1.66. The van der Waals surface area contributed by atoms with Gasteiger partial charge in [-0.1, -0.05) is 66.2 Å². The molecule has 7 heteroatoms. The molecule has 6 rings (SSSR count). The number of aromatic nitrogens is 3. The first-order valence-corrected chi connectivity index (χ1v) is 12.3. The number of carbonyl (C=O) groups is 1. The van der Waals surface area contributed by atoms with E-state index in [0.29, 0.717) is 31.2 Å². The number of piperazine rings is 1. The van der Waals surface area contributed by atoms with E-state index in [1.54, 1.807) is 6.33 Å². The maximum atomic E-state index is 12.9. The van der Waals surface area contributed by atoms with Crippen LogP contribution in [0.2, 0.25) is 5.02 Å². The summed E-state index contributed by atoms with van der Waals surface area (Å²) >= 11 is 6.32. The zero-order valence-electron chi connectivity index (χ0n) is 19.6. The molecule has 1 aliphatic rings. The molecular formula is C29H24ClN5O. The number of rotatable bonds is 4. The lowest BCUT2D eigenvalue weighted by Gasteiger charge is -2.35. The molecule has 0 spiro atoms. The lowest BCUT2D eigenvalue weighted by Crippen LogP contribution is -2.49. The van der Waals surface area contributed by atoms with E-state index in [9.17, 15) is 4.79 Å². The van der Waals surface area contributed by atoms with Crippen molar-refractivity contribution in [3.8, 4) is 16.8 Å². The summed E-state index contributed by atoms with van der Waals surface area (Å²) in [5.74, 6) is 0.951. The van der Waals surface area contributed by atoms with Gasteiger partial charge in [0.05, 0.1) is 5.39 Å². The lowest BCUT2D eigenvalue weighted by atomic mass is 10.1. The first-order chi connectivity index (χ1) is 17.7. The third-order valence-corrected chi connectivity index (χ3v) is 6.86. The molecular weight excluding hydrogens is 470 g/mol. The van der Waals surface area contributed by atoms with E-state index >= 15 is 0 Å². The second kappa shape index (κ2) is 9.47. The summed E-state index contributed by atoms with van der Waals surface area (Å²) in [6.45, 7) is 2.66. The van der Waals surface area contributed by atoms with Gasteiger partial charge in [0.25, 0.3) is 5.91 Å². The highest BCUT2D eigenvalue weighted by Crippen LogP contribution is 2.37. The fourth-order valence-corrected chi connectivity index (χ4v) is 5.01. The molecule has 6 nitrogen and oxygen atoms in total. The number of amides is 1. The van der Waals surface area contributed by atoms with E-state index in [-0.39, 0.29) is 5.91 Å². The third-order valence-electron chi connectivity index (χ3n) is 6.62. The van der Waals surface area contributed by atoms with Gasteiger partial charge in [-0.3, -0.25) is 4.79 Å². The molecule has 1 fully saturated rings. The van der Waals surface area contributed by atoms with Gasteiger partial charge in [0, 0.05) is 54.2 Å². The van der Waals surface area contributed by atoms with Gasteiger partial charge in [0.1, 0.15) is 12.1 Å². The molecule has 0 radical (unpaired) electrons. The number of nitrogens with zero attached hydrogens (tertiary/aromatic N) is 5. The molecule has 3 aromatic carbocycles. The highest BCUT2D eigenvalue weighted by atomic mass is 35.5. The number of halogens is 1. The molecule has 36 heavy (non-hydrogen) atoms. The Kier molecular flexibility index (Phi) is 5.87. The first kappa shape index (κ1) is 22.3. The van der Waals surface area contributed by atoms with E-state index in [1.807, 2.05) is 77.7 Å². The van der Waals surface area contributed by atoms with Gasteiger partial charge < -0.3 is 14.4 Å². The average molecular weight is 494 g/mol. The molecule has 0 saturated carbocycles. The van der Waals surface area contributed by atoms with E-state index in [4.69, 9.17) is 16.6 Å². The lowest BCUT2D eigenvalue weighted by molar-refractivity contribution is 0.0746. The molecule has 0 N–H and O–H groups in total. The standard InChI is InChI=1S/C29H24ClN5O/c30-23-12-7-13-24(18-23)35-19-25(21-8-3-1-4-9-21)26-27(31-20-32-28(26)35)33-14-16-34(17-15-33)29(36)22-10-5-2-6-11-22/h1-13,18-20H,14-17H2. The molecule has 1 saturated heterocycles. The molecule has 2 aromatic heterocycles. The second-order valence-corrected chi connectivity index (χ2v) is 9.24. The van der Waals surface area contributed by atoms with Gasteiger partial charge >= 0.3 is 0 Å². The number of hydrogen-bond acceptors (Lipinski definition) is 4. The summed E-state index contributed by atoms with van der Waals surface area (Å²) in [6, 6.07) is 27.5. The van der Waals surface area contributed by atoms with Crippen LogP contribution in [0.3, 0.4) is 0 Å². The molecule has 1 aliphatic heterocycles. The number of carbonyl (C=O) groups excluding carboxylic acids is 1. The predicted molar refractivity (Wildman–Crippen MR) is 144 cm³/mol. The van der Waals surface area contributed by atoms with Crippen LogP contribution in [0.15, 0.2) is 97.5 Å². The van der Waals surface area contributed by atoms with Gasteiger partial charge in [-0.2, -0.15) is 0 Å². The third kappa shape index (κ3) is 4.10. The molecule has 178 valence electrons. The fourth-order valence-electron chi connectivity index (χ4n) is 4.83. The topological polar surface area (TPSA) is 54.3 Å². The highest BCUT2D eigenvalue weighted by Gasteiger charge is 2.26. The van der Waals surface area contributed by atoms with Crippen LogP contribution in [0.4, 0.5) is 5.82 Å². The Morgan fingerprint density at radius 1 is 0.806 bits per heavy atom. The maximum Gasteiger partial charge on any atom is 0.253 e. The number of hydrogen-bond donors (Lipinski definition) is 0. The fraction of sp³-hybridized carbons (Fsp3) is 0.138. The van der Waals surface area contributed by atoms with E-state index in [0.717, 1.165) is 39.2 Å². The Labute approximate surface area is 214 Å². The van der Waals surface area contributed by atoms with Crippen molar-refractivity contribution in [2.45, 2.75) is 0 Å². The van der Waals surface area contributed by atoms with Crippen molar-refractivity contribution < 1.29 is 4.79 Å². The first-order valence-electron chi connectivity index (χ1n) is 12.0. The van der Waals surface area contributed by atoms with Gasteiger partial charge in [0.2, 0.25) is 0 Å². The minimum absolute atomic E-state index is 0.0696. The van der Waals surface area contributed by atoms with Crippen LogP contribution < -0.4 is 4.90 Å². The molecule has 1 amide bonds. The minimum atomic E-state index is 0.0696. The van der Waals surface area contributed by atoms with Crippen LogP contribution in [0.25, 0.3) is 27.8 Å². The van der Waals surface area contributed by atoms with E-state index in [1.165, 1.54) is 0 Å². The summed E-state index contributed by atoms with van der Waals surface area (Å²) in [4.78, 5) is 26.6. The molecule has 0 aliphatic carbocycles. The SMILES string of the molecule is O=C(c1ccccc1)N1CCN(c2ncnc3c2c(-c2ccccc2)cn3-c2cccc(Cl)c2)CC1. The molecule has 5 aromatic rings. The van der Waals surface area contributed by atoms with Gasteiger partial charge in [-0.15, -0.1) is 0 Å². The molecule has 0 unspecified atom stereocenters. The monoisotopic (exact) mass is 493 g/mol. The van der Waals surface area contributed by atoms with Crippen molar-refractivity contribution >= 4 is 34.4 Å². The van der Waals surface area contributed by atoms with Crippen molar-refractivity contribution in [2.75, 3.05) is 31.1 Å². The summed E-state index contributed by atoms with van der Waals surface area (Å²) in [5.41, 5.74) is 4.64. The quantitative estimate of drug-likeness (QED) is 0.322. The second-order valence-electron chi connectivity index (χ2n) is 8.80. The van der Waals surface area contributed by atoms with Crippen LogP contribution in [0.1, 0.15) is 10.4 Å². The van der Waals surface area contributed by atoms with Crippen LogP contribution in [-0.4, -0.2) is 51.5 Å². The Hall–Kier alpha value is -4.16. The zero-order chi connectivity index (χ0) is 24.5. The number of fused-ring (bicyclic) bond motifs is 1. The van der Waals surface area contributed by atoms with Crippen molar-refractivity contribution in [3.63, 3.8) is 0 Å². The number of anilines is 1. The van der Waals surface area contributed by atoms with Crippen molar-refractivity contribution in [3.05, 3.63) is 108 Å². The number of benzene rings is 3. The molecule has 3 heterocycles. The van der Waals surface area contributed by atoms with E-state index < -0.39 is 0 Å². The Balaban J connectivity index is 1.39. The van der Waals surface area contributed by atoms with Crippen molar-refractivity contribution in [2.24, 2.45) is 0 Å². The van der Waals surface area contributed by atoms with Gasteiger partial charge in [-0.25, -0.2) is 9.97 Å².